The molecule has 2 aromatic rings. The number of hydrogen-bond donors (Lipinski definition) is 1. The molecule has 0 atom stereocenters. The van der Waals surface area contributed by atoms with Crippen molar-refractivity contribution in [1.82, 2.24) is 9.78 Å². The molecule has 1 heterocycles. The summed E-state index contributed by atoms with van der Waals surface area (Å²) in [5, 5.41) is 4.40. The summed E-state index contributed by atoms with van der Waals surface area (Å²) in [5.74, 6) is -0.693. The predicted molar refractivity (Wildman–Crippen MR) is 68.1 cm³/mol. The average molecular weight is 264 g/mol. The van der Waals surface area contributed by atoms with Gasteiger partial charge in [-0.25, -0.2) is 0 Å². The molecule has 92 valence electrons. The smallest absolute Gasteiger partial charge is 0.271 e. The maximum Gasteiger partial charge on any atom is 0.271 e. The summed E-state index contributed by atoms with van der Waals surface area (Å²) in [6.07, 6.45) is 0. The van der Waals surface area contributed by atoms with Crippen LogP contribution in [0.15, 0.2) is 35.1 Å². The fourth-order valence-corrected chi connectivity index (χ4v) is 1.62. The molecule has 0 fully saturated rings. The first-order chi connectivity index (χ1) is 8.49. The summed E-state index contributed by atoms with van der Waals surface area (Å²) in [6, 6.07) is 7.59. The minimum absolute atomic E-state index is 0.0197. The van der Waals surface area contributed by atoms with Crippen molar-refractivity contribution in [3.8, 4) is 5.69 Å². The topological polar surface area (TPSA) is 78.0 Å². The normalized spacial score (nSPS) is 10.3. The van der Waals surface area contributed by atoms with E-state index in [1.54, 1.807) is 18.2 Å². The van der Waals surface area contributed by atoms with Gasteiger partial charge >= 0.3 is 0 Å². The summed E-state index contributed by atoms with van der Waals surface area (Å²) in [4.78, 5) is 22.7. The molecule has 0 aliphatic carbocycles. The maximum absolute atomic E-state index is 11.7. The van der Waals surface area contributed by atoms with E-state index in [-0.39, 0.29) is 11.3 Å². The highest BCUT2D eigenvalue weighted by atomic mass is 35.5. The zero-order chi connectivity index (χ0) is 13.3. The van der Waals surface area contributed by atoms with Crippen LogP contribution in [-0.2, 0) is 0 Å². The fraction of sp³-hybridized carbons (Fsp3) is 0.0833. The van der Waals surface area contributed by atoms with Crippen LogP contribution in [0.1, 0.15) is 16.1 Å². The van der Waals surface area contributed by atoms with Crippen LogP contribution in [0.25, 0.3) is 5.69 Å². The van der Waals surface area contributed by atoms with Crippen molar-refractivity contribution >= 4 is 17.5 Å². The van der Waals surface area contributed by atoms with Gasteiger partial charge in [-0.1, -0.05) is 17.7 Å². The van der Waals surface area contributed by atoms with Gasteiger partial charge in [-0.05, 0) is 30.7 Å². The Balaban J connectivity index is 2.62. The number of aryl methyl sites for hydroxylation is 1. The van der Waals surface area contributed by atoms with E-state index in [1.165, 1.54) is 12.1 Å². The Morgan fingerprint density at radius 2 is 2.06 bits per heavy atom. The number of nitrogens with two attached hydrogens (primary N) is 1. The molecule has 18 heavy (non-hydrogen) atoms. The second kappa shape index (κ2) is 4.62. The van der Waals surface area contributed by atoms with E-state index in [2.05, 4.69) is 5.10 Å². The molecule has 5 nitrogen and oxygen atoms in total. The number of nitrogens with zero attached hydrogens (tertiary/aromatic N) is 2. The fourth-order valence-electron chi connectivity index (χ4n) is 1.44. The second-order valence-corrected chi connectivity index (χ2v) is 4.17. The van der Waals surface area contributed by atoms with Crippen molar-refractivity contribution in [3.05, 3.63) is 57.0 Å². The van der Waals surface area contributed by atoms with Crippen molar-refractivity contribution in [2.45, 2.75) is 6.92 Å². The first kappa shape index (κ1) is 12.3. The van der Waals surface area contributed by atoms with E-state index in [1.807, 2.05) is 6.92 Å². The molecule has 1 amide bonds. The minimum atomic E-state index is -0.693. The van der Waals surface area contributed by atoms with Crippen LogP contribution in [-0.4, -0.2) is 15.7 Å². The number of primary amides is 1. The molecule has 2 rings (SSSR count). The third-order valence-corrected chi connectivity index (χ3v) is 2.86. The highest BCUT2D eigenvalue weighted by Gasteiger charge is 2.08. The highest BCUT2D eigenvalue weighted by Crippen LogP contribution is 2.18. The Kier molecular flexibility index (Phi) is 3.16. The number of rotatable bonds is 2. The zero-order valence-electron chi connectivity index (χ0n) is 9.55. The van der Waals surface area contributed by atoms with Crippen LogP contribution in [0.5, 0.6) is 0 Å². The summed E-state index contributed by atoms with van der Waals surface area (Å²) in [7, 11) is 0. The third kappa shape index (κ3) is 2.26. The van der Waals surface area contributed by atoms with Gasteiger partial charge in [-0.2, -0.15) is 9.78 Å². The number of halogens is 1. The van der Waals surface area contributed by atoms with E-state index in [9.17, 15) is 9.59 Å². The third-order valence-electron chi connectivity index (χ3n) is 2.45. The molecule has 2 N–H and O–H groups in total. The number of amides is 1. The monoisotopic (exact) mass is 263 g/mol. The standard InChI is InChI=1S/C12H10ClN3O2/c1-7-2-3-8(6-9(7)13)16-11(17)5-4-10(15-16)12(14)18/h2-6H,1H3,(H2,14,18). The number of benzene rings is 1. The first-order valence-electron chi connectivity index (χ1n) is 5.16. The lowest BCUT2D eigenvalue weighted by Crippen LogP contribution is -2.25. The van der Waals surface area contributed by atoms with Crippen molar-refractivity contribution in [3.63, 3.8) is 0 Å². The van der Waals surface area contributed by atoms with Crippen LogP contribution in [0, 0.1) is 6.92 Å². The summed E-state index contributed by atoms with van der Waals surface area (Å²) in [6.45, 7) is 1.85. The van der Waals surface area contributed by atoms with Gasteiger partial charge < -0.3 is 5.73 Å². The molecule has 6 heteroatoms. The van der Waals surface area contributed by atoms with Gasteiger partial charge in [0.2, 0.25) is 0 Å². The van der Waals surface area contributed by atoms with E-state index in [0.717, 1.165) is 10.2 Å². The lowest BCUT2D eigenvalue weighted by molar-refractivity contribution is 0.0994. The average Bonchev–Trinajstić information content (AvgIpc) is 2.33. The van der Waals surface area contributed by atoms with Gasteiger partial charge in [0.15, 0.2) is 0 Å². The number of aromatic nitrogens is 2. The molecule has 0 bridgehead atoms. The van der Waals surface area contributed by atoms with E-state index in [4.69, 9.17) is 17.3 Å². The number of hydrogen-bond acceptors (Lipinski definition) is 3. The lowest BCUT2D eigenvalue weighted by Gasteiger charge is -2.06. The van der Waals surface area contributed by atoms with Gasteiger partial charge in [-0.15, -0.1) is 0 Å². The maximum atomic E-state index is 11.7. The molecule has 1 aromatic heterocycles. The predicted octanol–water partition coefficient (Wildman–Crippen LogP) is 1.29. The van der Waals surface area contributed by atoms with Crippen LogP contribution < -0.4 is 11.3 Å². The van der Waals surface area contributed by atoms with Crippen LogP contribution in [0.4, 0.5) is 0 Å². The summed E-state index contributed by atoms with van der Waals surface area (Å²) >= 11 is 5.98. The second-order valence-electron chi connectivity index (χ2n) is 3.77. The molecule has 1 aromatic carbocycles. The van der Waals surface area contributed by atoms with Crippen molar-refractivity contribution in [2.24, 2.45) is 5.73 Å². The van der Waals surface area contributed by atoms with Gasteiger partial charge in [-0.3, -0.25) is 9.59 Å². The molecule has 0 unspecified atom stereocenters. The zero-order valence-corrected chi connectivity index (χ0v) is 10.3. The molecule has 0 aliphatic heterocycles. The van der Waals surface area contributed by atoms with Gasteiger partial charge in [0.1, 0.15) is 5.69 Å². The lowest BCUT2D eigenvalue weighted by atomic mass is 10.2. The van der Waals surface area contributed by atoms with E-state index in [0.29, 0.717) is 10.7 Å². The number of carbonyl (C=O) groups excluding carboxylic acids is 1. The van der Waals surface area contributed by atoms with Crippen LogP contribution in [0.3, 0.4) is 0 Å². The molecule has 0 saturated heterocycles. The SMILES string of the molecule is Cc1ccc(-n2nc(C(N)=O)ccc2=O)cc1Cl. The minimum Gasteiger partial charge on any atom is -0.364 e. The molecule has 0 radical (unpaired) electrons. The molecular formula is C12H10ClN3O2. The van der Waals surface area contributed by atoms with Crippen LogP contribution in [0.2, 0.25) is 5.02 Å². The molecular weight excluding hydrogens is 254 g/mol. The van der Waals surface area contributed by atoms with Crippen molar-refractivity contribution < 1.29 is 4.79 Å². The molecule has 0 spiro atoms. The van der Waals surface area contributed by atoms with E-state index >= 15 is 0 Å². The Hall–Kier alpha value is -2.14. The highest BCUT2D eigenvalue weighted by molar-refractivity contribution is 6.31. The van der Waals surface area contributed by atoms with E-state index < -0.39 is 5.91 Å². The van der Waals surface area contributed by atoms with Crippen molar-refractivity contribution in [2.75, 3.05) is 0 Å². The largest absolute Gasteiger partial charge is 0.364 e. The quantitative estimate of drug-likeness (QED) is 0.887. The molecule has 0 saturated carbocycles. The summed E-state index contributed by atoms with van der Waals surface area (Å²) in [5.41, 5.74) is 6.15. The van der Waals surface area contributed by atoms with Gasteiger partial charge in [0.25, 0.3) is 11.5 Å². The Bertz CT molecular complexity index is 679. The summed E-state index contributed by atoms with van der Waals surface area (Å²) < 4.78 is 1.09. The Morgan fingerprint density at radius 3 is 2.67 bits per heavy atom. The molecule has 0 aliphatic rings. The van der Waals surface area contributed by atoms with Crippen molar-refractivity contribution in [1.29, 1.82) is 0 Å². The van der Waals surface area contributed by atoms with Crippen LogP contribution >= 0.6 is 11.6 Å². The Morgan fingerprint density at radius 1 is 1.33 bits per heavy atom. The Labute approximate surface area is 108 Å². The van der Waals surface area contributed by atoms with Gasteiger partial charge in [0.05, 0.1) is 5.69 Å². The first-order valence-corrected chi connectivity index (χ1v) is 5.53. The number of carbonyl (C=O) groups is 1. The van der Waals surface area contributed by atoms with Gasteiger partial charge in [0, 0.05) is 11.1 Å².